The van der Waals surface area contributed by atoms with Gasteiger partial charge in [0.1, 0.15) is 11.3 Å². The van der Waals surface area contributed by atoms with Gasteiger partial charge >= 0.3 is 7.60 Å². The number of unbranched alkanes of at least 4 members (excludes halogenated alkanes) is 3. The lowest BCUT2D eigenvalue weighted by atomic mass is 10.0. The molecule has 0 aliphatic carbocycles. The molecule has 0 spiro atoms. The fraction of sp³-hybridized carbons (Fsp3) is 0.533. The van der Waals surface area contributed by atoms with Crippen molar-refractivity contribution in [3.05, 3.63) is 17.2 Å². The molecule has 0 saturated heterocycles. The first kappa shape index (κ1) is 18.2. The van der Waals surface area contributed by atoms with Gasteiger partial charge in [0.25, 0.3) is 0 Å². The number of nitrogen functional groups attached to an aromatic ring is 1. The standard InChI is InChI=1S/C15H23N2O4PS/c1-3-4-5-6-7-11-10(2)8-12(21-9-22(18,19)20)13-14(11)23-15(16)17-13/h8H,3-7,9H2,1-2H3,(H2,16,17)(H2,18,19,20). The van der Waals surface area contributed by atoms with Crippen LogP contribution >= 0.6 is 18.9 Å². The fourth-order valence-electron chi connectivity index (χ4n) is 2.54. The van der Waals surface area contributed by atoms with Gasteiger partial charge < -0.3 is 20.3 Å². The van der Waals surface area contributed by atoms with Crippen LogP contribution in [0.25, 0.3) is 10.2 Å². The van der Waals surface area contributed by atoms with Crippen LogP contribution in [-0.4, -0.2) is 21.1 Å². The molecular formula is C15H23N2O4PS. The number of aryl methyl sites for hydroxylation is 2. The summed E-state index contributed by atoms with van der Waals surface area (Å²) in [7, 11) is -4.23. The number of rotatable bonds is 8. The van der Waals surface area contributed by atoms with E-state index in [4.69, 9.17) is 20.3 Å². The topological polar surface area (TPSA) is 106 Å². The Balaban J connectivity index is 2.31. The summed E-state index contributed by atoms with van der Waals surface area (Å²) < 4.78 is 17.3. The van der Waals surface area contributed by atoms with Gasteiger partial charge in [-0.1, -0.05) is 37.5 Å². The van der Waals surface area contributed by atoms with Crippen molar-refractivity contribution in [2.24, 2.45) is 0 Å². The van der Waals surface area contributed by atoms with Crippen molar-refractivity contribution in [1.29, 1.82) is 0 Å². The third-order valence-corrected chi connectivity index (χ3v) is 5.05. The zero-order valence-corrected chi connectivity index (χ0v) is 15.1. The second kappa shape index (κ2) is 7.62. The molecule has 4 N–H and O–H groups in total. The molecule has 1 aromatic heterocycles. The van der Waals surface area contributed by atoms with Gasteiger partial charge in [0, 0.05) is 0 Å². The third-order valence-electron chi connectivity index (χ3n) is 3.64. The number of benzene rings is 1. The van der Waals surface area contributed by atoms with Gasteiger partial charge in [-0.2, -0.15) is 0 Å². The average molecular weight is 358 g/mol. The lowest BCUT2D eigenvalue weighted by molar-refractivity contribution is 0.302. The van der Waals surface area contributed by atoms with E-state index in [2.05, 4.69) is 11.9 Å². The van der Waals surface area contributed by atoms with E-state index in [1.807, 2.05) is 6.92 Å². The minimum Gasteiger partial charge on any atom is -0.479 e. The monoisotopic (exact) mass is 358 g/mol. The molecule has 2 rings (SSSR count). The van der Waals surface area contributed by atoms with Crippen LogP contribution in [-0.2, 0) is 11.0 Å². The first-order chi connectivity index (χ1) is 10.8. The second-order valence-corrected chi connectivity index (χ2v) is 8.27. The van der Waals surface area contributed by atoms with Gasteiger partial charge in [-0.15, -0.1) is 0 Å². The fourth-order valence-corrected chi connectivity index (χ4v) is 3.82. The molecule has 0 bridgehead atoms. The van der Waals surface area contributed by atoms with Gasteiger partial charge in [0.05, 0.1) is 4.70 Å². The molecule has 1 aromatic carbocycles. The Morgan fingerprint density at radius 3 is 2.74 bits per heavy atom. The highest BCUT2D eigenvalue weighted by Crippen LogP contribution is 2.40. The normalized spacial score (nSPS) is 12.0. The number of hydrogen-bond acceptors (Lipinski definition) is 5. The van der Waals surface area contributed by atoms with Crippen LogP contribution in [0.3, 0.4) is 0 Å². The first-order valence-corrected chi connectivity index (χ1v) is 10.3. The number of hydrogen-bond donors (Lipinski definition) is 3. The summed E-state index contributed by atoms with van der Waals surface area (Å²) in [6.07, 6.45) is 4.98. The third kappa shape index (κ3) is 4.91. The maximum atomic E-state index is 11.0. The summed E-state index contributed by atoms with van der Waals surface area (Å²) in [5.74, 6) is 0.381. The van der Waals surface area contributed by atoms with Crippen LogP contribution < -0.4 is 10.5 Å². The Morgan fingerprint density at radius 1 is 1.35 bits per heavy atom. The highest BCUT2D eigenvalue weighted by Gasteiger charge is 2.19. The van der Waals surface area contributed by atoms with Gasteiger partial charge in [-0.25, -0.2) is 4.98 Å². The van der Waals surface area contributed by atoms with Crippen LogP contribution in [0.15, 0.2) is 6.07 Å². The summed E-state index contributed by atoms with van der Waals surface area (Å²) >= 11 is 1.40. The molecule has 6 nitrogen and oxygen atoms in total. The molecule has 0 atom stereocenters. The largest absolute Gasteiger partial charge is 0.479 e. The van der Waals surface area contributed by atoms with Gasteiger partial charge in [-0.05, 0) is 37.0 Å². The number of aromatic nitrogens is 1. The van der Waals surface area contributed by atoms with Crippen LogP contribution in [0.5, 0.6) is 5.75 Å². The van der Waals surface area contributed by atoms with Gasteiger partial charge in [0.2, 0.25) is 0 Å². The predicted molar refractivity (Wildman–Crippen MR) is 94.2 cm³/mol. The highest BCUT2D eigenvalue weighted by atomic mass is 32.1. The van der Waals surface area contributed by atoms with Crippen molar-refractivity contribution < 1.29 is 19.1 Å². The average Bonchev–Trinajstić information content (AvgIpc) is 2.84. The molecule has 23 heavy (non-hydrogen) atoms. The summed E-state index contributed by atoms with van der Waals surface area (Å²) in [6, 6.07) is 1.80. The van der Waals surface area contributed by atoms with Crippen LogP contribution in [0, 0.1) is 6.92 Å². The Morgan fingerprint density at radius 2 is 2.09 bits per heavy atom. The molecule has 2 aromatic rings. The minimum atomic E-state index is -4.23. The van der Waals surface area contributed by atoms with Gasteiger partial charge in [-0.3, -0.25) is 4.57 Å². The number of nitrogens with zero attached hydrogens (tertiary/aromatic N) is 1. The molecule has 0 aliphatic rings. The maximum Gasteiger partial charge on any atom is 0.362 e. The van der Waals surface area contributed by atoms with Crippen LogP contribution in [0.4, 0.5) is 5.13 Å². The highest BCUT2D eigenvalue weighted by molar-refractivity contribution is 7.51. The van der Waals surface area contributed by atoms with Crippen molar-refractivity contribution in [2.75, 3.05) is 12.1 Å². The van der Waals surface area contributed by atoms with E-state index >= 15 is 0 Å². The second-order valence-electron chi connectivity index (χ2n) is 5.65. The van der Waals surface area contributed by atoms with E-state index in [0.717, 1.165) is 23.1 Å². The predicted octanol–water partition coefficient (Wildman–Crippen LogP) is 3.82. The van der Waals surface area contributed by atoms with Crippen molar-refractivity contribution in [3.8, 4) is 5.75 Å². The Bertz CT molecular complexity index is 726. The summed E-state index contributed by atoms with van der Waals surface area (Å²) in [5.41, 5.74) is 8.67. The van der Waals surface area contributed by atoms with E-state index in [1.165, 1.54) is 36.2 Å². The quantitative estimate of drug-likeness (QED) is 0.489. The van der Waals surface area contributed by atoms with Crippen LogP contribution in [0.1, 0.15) is 43.7 Å². The van der Waals surface area contributed by atoms with Gasteiger partial charge in [0.15, 0.2) is 11.5 Å². The number of ether oxygens (including phenoxy) is 1. The summed E-state index contributed by atoms with van der Waals surface area (Å²) in [5, 5.41) is 0.432. The number of fused-ring (bicyclic) bond motifs is 1. The van der Waals surface area contributed by atoms with E-state index in [1.54, 1.807) is 6.07 Å². The Kier molecular flexibility index (Phi) is 6.03. The zero-order valence-electron chi connectivity index (χ0n) is 13.4. The van der Waals surface area contributed by atoms with E-state index in [-0.39, 0.29) is 0 Å². The number of anilines is 1. The Hall–Kier alpha value is -1.14. The lowest BCUT2D eigenvalue weighted by Gasteiger charge is -2.12. The smallest absolute Gasteiger partial charge is 0.362 e. The summed E-state index contributed by atoms with van der Waals surface area (Å²) in [6.45, 7) is 4.16. The molecule has 0 saturated carbocycles. The molecule has 128 valence electrons. The van der Waals surface area contributed by atoms with Crippen LogP contribution in [0.2, 0.25) is 0 Å². The number of thiazole rings is 1. The van der Waals surface area contributed by atoms with Crippen molar-refractivity contribution >= 4 is 34.3 Å². The maximum absolute atomic E-state index is 11.0. The van der Waals surface area contributed by atoms with Crippen molar-refractivity contribution in [1.82, 2.24) is 4.98 Å². The summed E-state index contributed by atoms with van der Waals surface area (Å²) in [4.78, 5) is 22.3. The van der Waals surface area contributed by atoms with E-state index < -0.39 is 13.9 Å². The molecule has 0 unspecified atom stereocenters. The lowest BCUT2D eigenvalue weighted by Crippen LogP contribution is -2.00. The molecule has 0 radical (unpaired) electrons. The van der Waals surface area contributed by atoms with Crippen molar-refractivity contribution in [3.63, 3.8) is 0 Å². The minimum absolute atomic E-state index is 0.381. The molecule has 0 aliphatic heterocycles. The SMILES string of the molecule is CCCCCCc1c(C)cc(OCP(=O)(O)O)c2nc(N)sc12. The molecule has 1 heterocycles. The molecule has 0 amide bonds. The number of nitrogens with two attached hydrogens (primary N) is 1. The molecule has 0 fully saturated rings. The zero-order chi connectivity index (χ0) is 17.0. The first-order valence-electron chi connectivity index (χ1n) is 7.67. The Labute approximate surface area is 139 Å². The van der Waals surface area contributed by atoms with E-state index in [0.29, 0.717) is 16.4 Å². The van der Waals surface area contributed by atoms with Crippen molar-refractivity contribution in [2.45, 2.75) is 46.0 Å². The molecule has 8 heteroatoms. The molecular weight excluding hydrogens is 335 g/mol. The van der Waals surface area contributed by atoms with E-state index in [9.17, 15) is 4.57 Å².